The quantitative estimate of drug-likeness (QED) is 0.619. The van der Waals surface area contributed by atoms with Crippen LogP contribution >= 0.6 is 11.6 Å². The maximum absolute atomic E-state index is 6.27. The van der Waals surface area contributed by atoms with Gasteiger partial charge in [-0.25, -0.2) is 4.68 Å². The van der Waals surface area contributed by atoms with Gasteiger partial charge >= 0.3 is 0 Å². The lowest BCUT2D eigenvalue weighted by atomic mass is 10.2. The predicted molar refractivity (Wildman–Crippen MR) is 98.8 cm³/mol. The summed E-state index contributed by atoms with van der Waals surface area (Å²) in [5.74, 6) is 1.56. The molecule has 9 heteroatoms. The van der Waals surface area contributed by atoms with Gasteiger partial charge in [-0.15, -0.1) is 10.2 Å². The Hall–Kier alpha value is -2.87. The highest BCUT2D eigenvalue weighted by Crippen LogP contribution is 2.35. The molecule has 0 saturated heterocycles. The first-order valence-electron chi connectivity index (χ1n) is 8.01. The second-order valence-electron chi connectivity index (χ2n) is 5.53. The van der Waals surface area contributed by atoms with Crippen LogP contribution in [0.25, 0.3) is 5.95 Å². The Morgan fingerprint density at radius 3 is 2.73 bits per heavy atom. The Morgan fingerprint density at radius 1 is 1.27 bits per heavy atom. The highest BCUT2D eigenvalue weighted by atomic mass is 35.5. The van der Waals surface area contributed by atoms with Crippen molar-refractivity contribution in [3.8, 4) is 17.4 Å². The monoisotopic (exact) mass is 374 g/mol. The van der Waals surface area contributed by atoms with Crippen LogP contribution in [0.3, 0.4) is 0 Å². The minimum Gasteiger partial charge on any atom is -0.491 e. The molecular weight excluding hydrogens is 356 g/mol. The number of halogens is 1. The number of hydrogen-bond acceptors (Lipinski definition) is 6. The van der Waals surface area contributed by atoms with Crippen LogP contribution in [0.1, 0.15) is 23.9 Å². The van der Waals surface area contributed by atoms with Crippen LogP contribution in [-0.2, 0) is 0 Å². The average Bonchev–Trinajstić information content (AvgIpc) is 3.18. The second-order valence-corrected chi connectivity index (χ2v) is 5.93. The second kappa shape index (κ2) is 7.57. The van der Waals surface area contributed by atoms with Crippen molar-refractivity contribution in [2.75, 3.05) is 13.7 Å². The van der Waals surface area contributed by atoms with Gasteiger partial charge in [0.05, 0.1) is 30.6 Å². The molecule has 0 radical (unpaired) electrons. The number of rotatable bonds is 6. The summed E-state index contributed by atoms with van der Waals surface area (Å²) in [5, 5.41) is 17.3. The van der Waals surface area contributed by atoms with Crippen LogP contribution in [0, 0.1) is 13.8 Å². The van der Waals surface area contributed by atoms with E-state index in [1.807, 2.05) is 32.9 Å². The molecule has 2 aromatic heterocycles. The lowest BCUT2D eigenvalue weighted by molar-refractivity contribution is 0.311. The van der Waals surface area contributed by atoms with E-state index in [2.05, 4.69) is 20.4 Å². The minimum absolute atomic E-state index is 0.447. The lowest BCUT2D eigenvalue weighted by Gasteiger charge is -2.11. The fourth-order valence-electron chi connectivity index (χ4n) is 2.53. The first kappa shape index (κ1) is 17.9. The van der Waals surface area contributed by atoms with Crippen LogP contribution in [-0.4, -0.2) is 44.6 Å². The third-order valence-electron chi connectivity index (χ3n) is 3.58. The highest BCUT2D eigenvalue weighted by Gasteiger charge is 2.12. The van der Waals surface area contributed by atoms with Crippen molar-refractivity contribution in [3.63, 3.8) is 0 Å². The van der Waals surface area contributed by atoms with E-state index in [1.165, 1.54) is 11.0 Å². The predicted octanol–water partition coefficient (Wildman–Crippen LogP) is 3.02. The van der Waals surface area contributed by atoms with E-state index < -0.39 is 0 Å². The van der Waals surface area contributed by atoms with Crippen molar-refractivity contribution in [3.05, 3.63) is 46.5 Å². The van der Waals surface area contributed by atoms with Crippen LogP contribution in [0.2, 0.25) is 5.02 Å². The van der Waals surface area contributed by atoms with Gasteiger partial charge in [0.15, 0.2) is 11.5 Å². The van der Waals surface area contributed by atoms with Gasteiger partial charge in [-0.05, 0) is 44.5 Å². The smallest absolute Gasteiger partial charge is 0.273 e. The van der Waals surface area contributed by atoms with E-state index >= 15 is 0 Å². The van der Waals surface area contributed by atoms with Crippen LogP contribution < -0.4 is 9.47 Å². The molecule has 0 aliphatic rings. The summed E-state index contributed by atoms with van der Waals surface area (Å²) < 4.78 is 14.1. The number of aryl methyl sites for hydroxylation is 2. The molecular formula is C17H19ClN6O2. The van der Waals surface area contributed by atoms with Gasteiger partial charge in [-0.1, -0.05) is 11.6 Å². The Morgan fingerprint density at radius 2 is 2.08 bits per heavy atom. The molecule has 0 atom stereocenters. The number of hydrogen-bond donors (Lipinski definition) is 0. The van der Waals surface area contributed by atoms with E-state index in [0.717, 1.165) is 17.0 Å². The molecule has 26 heavy (non-hydrogen) atoms. The Bertz CT molecular complexity index is 947. The van der Waals surface area contributed by atoms with Gasteiger partial charge in [0, 0.05) is 5.69 Å². The van der Waals surface area contributed by atoms with E-state index in [4.69, 9.17) is 21.1 Å². The Labute approximate surface area is 156 Å². The zero-order valence-electron chi connectivity index (χ0n) is 15.0. The summed E-state index contributed by atoms with van der Waals surface area (Å²) >= 11 is 6.27. The van der Waals surface area contributed by atoms with E-state index in [1.54, 1.807) is 24.1 Å². The molecule has 0 amide bonds. The molecule has 0 saturated carbocycles. The Kier molecular flexibility index (Phi) is 5.22. The summed E-state index contributed by atoms with van der Waals surface area (Å²) in [6, 6.07) is 5.52. The third-order valence-corrected chi connectivity index (χ3v) is 3.86. The maximum Gasteiger partial charge on any atom is 0.273 e. The molecule has 0 N–H and O–H groups in total. The highest BCUT2D eigenvalue weighted by molar-refractivity contribution is 6.32. The fraction of sp³-hybridized carbons (Fsp3) is 0.294. The van der Waals surface area contributed by atoms with Gasteiger partial charge in [0.2, 0.25) is 0 Å². The molecule has 2 heterocycles. The fourth-order valence-corrected chi connectivity index (χ4v) is 2.82. The molecule has 0 bridgehead atoms. The zero-order chi connectivity index (χ0) is 18.7. The van der Waals surface area contributed by atoms with Crippen LogP contribution in [0.5, 0.6) is 11.5 Å². The third kappa shape index (κ3) is 3.55. The van der Waals surface area contributed by atoms with Gasteiger partial charge in [0.1, 0.15) is 6.33 Å². The van der Waals surface area contributed by atoms with Crippen molar-refractivity contribution in [1.29, 1.82) is 0 Å². The first-order chi connectivity index (χ1) is 12.5. The first-order valence-corrected chi connectivity index (χ1v) is 8.39. The summed E-state index contributed by atoms with van der Waals surface area (Å²) in [5.41, 5.74) is 2.59. The maximum atomic E-state index is 6.27. The molecule has 136 valence electrons. The van der Waals surface area contributed by atoms with E-state index in [-0.39, 0.29) is 0 Å². The molecule has 3 rings (SSSR count). The zero-order valence-corrected chi connectivity index (χ0v) is 15.7. The van der Waals surface area contributed by atoms with E-state index in [9.17, 15) is 0 Å². The summed E-state index contributed by atoms with van der Waals surface area (Å²) in [4.78, 5) is 0. The molecule has 0 fully saturated rings. The molecule has 0 aliphatic carbocycles. The van der Waals surface area contributed by atoms with Gasteiger partial charge in [-0.3, -0.25) is 0 Å². The number of nitrogens with zero attached hydrogens (tertiary/aromatic N) is 6. The largest absolute Gasteiger partial charge is 0.491 e. The number of ether oxygens (including phenoxy) is 2. The molecule has 3 aromatic rings. The van der Waals surface area contributed by atoms with Gasteiger partial charge in [-0.2, -0.15) is 14.9 Å². The summed E-state index contributed by atoms with van der Waals surface area (Å²) in [6.07, 6.45) is 3.16. The molecule has 0 unspecified atom stereocenters. The standard InChI is InChI=1S/C17H19ClN6O2/c1-5-26-15-8-13(7-14(18)16(15)25-4)9-20-23-10-19-21-17(23)24-12(3)6-11(2)22-24/h6-10H,5H2,1-4H3/b20-9-. The number of methoxy groups -OCH3 is 1. The Balaban J connectivity index is 1.94. The molecule has 0 spiro atoms. The van der Waals surface area contributed by atoms with Crippen molar-refractivity contribution >= 4 is 17.8 Å². The van der Waals surface area contributed by atoms with Gasteiger partial charge in [0.25, 0.3) is 5.95 Å². The van der Waals surface area contributed by atoms with Crippen LogP contribution in [0.15, 0.2) is 29.6 Å². The van der Waals surface area contributed by atoms with E-state index in [0.29, 0.717) is 29.1 Å². The van der Waals surface area contributed by atoms with Crippen molar-refractivity contribution in [1.82, 2.24) is 24.7 Å². The van der Waals surface area contributed by atoms with Crippen molar-refractivity contribution in [2.24, 2.45) is 5.10 Å². The minimum atomic E-state index is 0.447. The SMILES string of the molecule is CCOc1cc(/C=N\n2cnnc2-n2nc(C)cc2C)cc(Cl)c1OC. The number of benzene rings is 1. The lowest BCUT2D eigenvalue weighted by Crippen LogP contribution is -2.06. The van der Waals surface area contributed by atoms with Crippen molar-refractivity contribution < 1.29 is 9.47 Å². The topological polar surface area (TPSA) is 79.4 Å². The van der Waals surface area contributed by atoms with Gasteiger partial charge < -0.3 is 9.47 Å². The van der Waals surface area contributed by atoms with Crippen molar-refractivity contribution in [2.45, 2.75) is 20.8 Å². The van der Waals surface area contributed by atoms with Crippen LogP contribution in [0.4, 0.5) is 0 Å². The summed E-state index contributed by atoms with van der Waals surface area (Å²) in [6.45, 7) is 6.26. The summed E-state index contributed by atoms with van der Waals surface area (Å²) in [7, 11) is 1.55. The normalized spacial score (nSPS) is 11.3. The molecule has 0 aliphatic heterocycles. The average molecular weight is 375 g/mol. The molecule has 1 aromatic carbocycles. The molecule has 8 nitrogen and oxygen atoms in total. The number of aromatic nitrogens is 5.